The predicted molar refractivity (Wildman–Crippen MR) is 60.5 cm³/mol. The van der Waals surface area contributed by atoms with Crippen molar-refractivity contribution in [1.82, 2.24) is 0 Å². The zero-order chi connectivity index (χ0) is 10.7. The Bertz CT molecular complexity index is 371. The first-order chi connectivity index (χ1) is 6.50. The summed E-state index contributed by atoms with van der Waals surface area (Å²) in [6.45, 7) is 6.04. The van der Waals surface area contributed by atoms with Crippen LogP contribution in [-0.2, 0) is 11.1 Å². The number of rotatable bonds is 2. The van der Waals surface area contributed by atoms with Crippen molar-refractivity contribution >= 4 is 17.2 Å². The van der Waals surface area contributed by atoms with E-state index in [4.69, 9.17) is 4.55 Å². The lowest BCUT2D eigenvalue weighted by Crippen LogP contribution is -1.89. The molecule has 0 heterocycles. The fourth-order valence-corrected chi connectivity index (χ4v) is 1.83. The summed E-state index contributed by atoms with van der Waals surface area (Å²) in [6.07, 6.45) is 1.69. The fraction of sp³-hybridized carbons (Fsp3) is 0.273. The lowest BCUT2D eigenvalue weighted by atomic mass is 10.0. The Labute approximate surface area is 86.9 Å². The van der Waals surface area contributed by atoms with Gasteiger partial charge in [0.2, 0.25) is 0 Å². The van der Waals surface area contributed by atoms with Crippen molar-refractivity contribution in [2.45, 2.75) is 20.8 Å². The normalized spacial score (nSPS) is 13.4. The maximum absolute atomic E-state index is 10.5. The second-order valence-electron chi connectivity index (χ2n) is 3.39. The zero-order valence-corrected chi connectivity index (χ0v) is 9.39. The molecule has 14 heavy (non-hydrogen) atoms. The highest BCUT2D eigenvalue weighted by atomic mass is 32.2. The van der Waals surface area contributed by atoms with Crippen molar-refractivity contribution in [3.63, 3.8) is 0 Å². The molecule has 1 rings (SSSR count). The molecule has 3 heteroatoms. The summed E-state index contributed by atoms with van der Waals surface area (Å²) in [7, 11) is 0. The van der Waals surface area contributed by atoms with Crippen LogP contribution in [-0.4, -0.2) is 8.76 Å². The first-order valence-corrected chi connectivity index (χ1v) is 5.53. The molecule has 0 saturated carbocycles. The van der Waals surface area contributed by atoms with Crippen LogP contribution in [0.3, 0.4) is 0 Å². The van der Waals surface area contributed by atoms with E-state index in [1.54, 1.807) is 6.08 Å². The highest BCUT2D eigenvalue weighted by Gasteiger charge is 2.00. The van der Waals surface area contributed by atoms with E-state index < -0.39 is 11.1 Å². The van der Waals surface area contributed by atoms with Gasteiger partial charge in [-0.25, -0.2) is 4.21 Å². The Morgan fingerprint density at radius 3 is 2.14 bits per heavy atom. The van der Waals surface area contributed by atoms with E-state index in [1.807, 2.05) is 20.8 Å². The molecule has 0 aliphatic rings. The van der Waals surface area contributed by atoms with Crippen molar-refractivity contribution in [3.05, 3.63) is 39.8 Å². The van der Waals surface area contributed by atoms with Gasteiger partial charge in [0, 0.05) is 5.41 Å². The highest BCUT2D eigenvalue weighted by molar-refractivity contribution is 7.82. The standard InChI is InChI=1S/C11H14O2S/c1-8-6-9(2)11(10(3)7-8)4-5-14(12)13/h4-7H,1-3H3,(H,12,13)/b5-4+. The second-order valence-corrected chi connectivity index (χ2v) is 4.22. The number of aryl methyl sites for hydroxylation is 3. The maximum Gasteiger partial charge on any atom is 0.178 e. The van der Waals surface area contributed by atoms with Crippen molar-refractivity contribution in [2.75, 3.05) is 0 Å². The quantitative estimate of drug-likeness (QED) is 0.762. The van der Waals surface area contributed by atoms with E-state index in [9.17, 15) is 4.21 Å². The summed E-state index contributed by atoms with van der Waals surface area (Å²) in [5, 5.41) is 1.28. The van der Waals surface area contributed by atoms with Crippen LogP contribution in [0.4, 0.5) is 0 Å². The third kappa shape index (κ3) is 2.79. The van der Waals surface area contributed by atoms with Crippen LogP contribution in [0.2, 0.25) is 0 Å². The van der Waals surface area contributed by atoms with Crippen LogP contribution >= 0.6 is 0 Å². The SMILES string of the molecule is Cc1cc(C)c(/C=C/S(=O)O)c(C)c1. The van der Waals surface area contributed by atoms with Crippen LogP contribution < -0.4 is 0 Å². The second kappa shape index (κ2) is 4.53. The lowest BCUT2D eigenvalue weighted by molar-refractivity contribution is 0.574. The molecule has 76 valence electrons. The van der Waals surface area contributed by atoms with Gasteiger partial charge in [-0.05, 0) is 43.5 Å². The van der Waals surface area contributed by atoms with E-state index in [-0.39, 0.29) is 0 Å². The minimum Gasteiger partial charge on any atom is -0.303 e. The average molecular weight is 210 g/mol. The van der Waals surface area contributed by atoms with Gasteiger partial charge in [-0.15, -0.1) is 0 Å². The fourth-order valence-electron chi connectivity index (χ4n) is 1.58. The summed E-state index contributed by atoms with van der Waals surface area (Å²) in [5.41, 5.74) is 4.49. The maximum atomic E-state index is 10.5. The van der Waals surface area contributed by atoms with Crippen molar-refractivity contribution in [3.8, 4) is 0 Å². The van der Waals surface area contributed by atoms with Gasteiger partial charge < -0.3 is 4.55 Å². The van der Waals surface area contributed by atoms with Crippen LogP contribution in [0.25, 0.3) is 6.08 Å². The third-order valence-electron chi connectivity index (χ3n) is 2.09. The summed E-state index contributed by atoms with van der Waals surface area (Å²) in [5.74, 6) is 0. The van der Waals surface area contributed by atoms with Crippen molar-refractivity contribution < 1.29 is 8.76 Å². The summed E-state index contributed by atoms with van der Waals surface area (Å²) in [4.78, 5) is 0. The van der Waals surface area contributed by atoms with E-state index in [1.165, 1.54) is 11.0 Å². The smallest absolute Gasteiger partial charge is 0.178 e. The Morgan fingerprint density at radius 2 is 1.71 bits per heavy atom. The van der Waals surface area contributed by atoms with Crippen LogP contribution in [0.15, 0.2) is 17.5 Å². The van der Waals surface area contributed by atoms with Crippen molar-refractivity contribution in [2.24, 2.45) is 0 Å². The Hall–Kier alpha value is -0.930. The number of hydrogen-bond acceptors (Lipinski definition) is 1. The minimum absolute atomic E-state index is 1.03. The molecule has 0 saturated heterocycles. The summed E-state index contributed by atoms with van der Waals surface area (Å²) < 4.78 is 19.1. The molecule has 0 spiro atoms. The predicted octanol–water partition coefficient (Wildman–Crippen LogP) is 2.80. The van der Waals surface area contributed by atoms with E-state index in [2.05, 4.69) is 12.1 Å². The summed E-state index contributed by atoms with van der Waals surface area (Å²) >= 11 is -1.87. The van der Waals surface area contributed by atoms with Gasteiger partial charge in [0.05, 0.1) is 0 Å². The molecule has 0 aliphatic carbocycles. The van der Waals surface area contributed by atoms with Crippen LogP contribution in [0.5, 0.6) is 0 Å². The molecular formula is C11H14O2S. The molecule has 1 aromatic rings. The largest absolute Gasteiger partial charge is 0.303 e. The number of benzene rings is 1. The van der Waals surface area contributed by atoms with Gasteiger partial charge in [-0.1, -0.05) is 17.7 Å². The monoisotopic (exact) mass is 210 g/mol. The molecule has 2 nitrogen and oxygen atoms in total. The van der Waals surface area contributed by atoms with Crippen LogP contribution in [0.1, 0.15) is 22.3 Å². The molecule has 0 aliphatic heterocycles. The first kappa shape index (κ1) is 11.1. The van der Waals surface area contributed by atoms with Gasteiger partial charge in [0.25, 0.3) is 0 Å². The highest BCUT2D eigenvalue weighted by Crippen LogP contribution is 2.17. The average Bonchev–Trinajstić information content (AvgIpc) is 2.01. The van der Waals surface area contributed by atoms with Gasteiger partial charge in [-0.2, -0.15) is 0 Å². The topological polar surface area (TPSA) is 37.3 Å². The van der Waals surface area contributed by atoms with E-state index in [0.29, 0.717) is 0 Å². The Balaban J connectivity index is 3.15. The number of hydrogen-bond donors (Lipinski definition) is 1. The molecule has 0 amide bonds. The van der Waals surface area contributed by atoms with E-state index >= 15 is 0 Å². The van der Waals surface area contributed by atoms with Gasteiger partial charge in [-0.3, -0.25) is 0 Å². The van der Waals surface area contributed by atoms with Gasteiger partial charge in [0.15, 0.2) is 11.1 Å². The molecular weight excluding hydrogens is 196 g/mol. The summed E-state index contributed by atoms with van der Waals surface area (Å²) in [6, 6.07) is 4.12. The molecule has 0 radical (unpaired) electrons. The van der Waals surface area contributed by atoms with E-state index in [0.717, 1.165) is 16.7 Å². The lowest BCUT2D eigenvalue weighted by Gasteiger charge is -2.06. The Kier molecular flexibility index (Phi) is 3.61. The molecule has 0 aromatic heterocycles. The first-order valence-electron chi connectivity index (χ1n) is 4.36. The third-order valence-corrected chi connectivity index (χ3v) is 2.46. The molecule has 0 bridgehead atoms. The van der Waals surface area contributed by atoms with Gasteiger partial charge in [0.1, 0.15) is 0 Å². The van der Waals surface area contributed by atoms with Crippen LogP contribution in [0, 0.1) is 20.8 Å². The Morgan fingerprint density at radius 1 is 1.21 bits per heavy atom. The molecule has 1 atom stereocenters. The molecule has 1 N–H and O–H groups in total. The molecule has 1 aromatic carbocycles. The zero-order valence-electron chi connectivity index (χ0n) is 8.57. The minimum atomic E-state index is -1.87. The van der Waals surface area contributed by atoms with Gasteiger partial charge >= 0.3 is 0 Å². The van der Waals surface area contributed by atoms with Crippen molar-refractivity contribution in [1.29, 1.82) is 0 Å². The molecule has 1 unspecified atom stereocenters. The molecule has 0 fully saturated rings.